The maximum absolute atomic E-state index is 12.0. The minimum atomic E-state index is -0.183. The number of ether oxygens (including phenoxy) is 1. The molecule has 0 radical (unpaired) electrons. The van der Waals surface area contributed by atoms with Gasteiger partial charge >= 0.3 is 0 Å². The first-order valence-corrected chi connectivity index (χ1v) is 11.6. The predicted octanol–water partition coefficient (Wildman–Crippen LogP) is 5.47. The largest absolute Gasteiger partial charge is 0.494 e. The molecule has 0 bridgehead atoms. The van der Waals surface area contributed by atoms with E-state index in [1.807, 2.05) is 12.1 Å². The average molecular weight is 446 g/mol. The van der Waals surface area contributed by atoms with Crippen LogP contribution in [0.5, 0.6) is 5.75 Å². The third kappa shape index (κ3) is 5.83. The molecule has 2 heterocycles. The number of furan rings is 1. The highest BCUT2D eigenvalue weighted by molar-refractivity contribution is 5.91. The maximum atomic E-state index is 12.0. The standard InChI is InChI=1S/C27H31N3O3/c1-20-13-14-22(19-21(20)2)32-17-6-5-16-30-24-10-4-3-9-23(24)29-26(30)12-7-15-28-27(31)25-11-8-18-33-25/h3-4,8-11,13-14,18-19H,5-7,12,15-17H2,1-2H3,(H,28,31). The minimum absolute atomic E-state index is 0.183. The predicted molar refractivity (Wildman–Crippen MR) is 130 cm³/mol. The topological polar surface area (TPSA) is 69.3 Å². The van der Waals surface area contributed by atoms with Crippen molar-refractivity contribution in [3.63, 3.8) is 0 Å². The van der Waals surface area contributed by atoms with Gasteiger partial charge in [-0.3, -0.25) is 4.79 Å². The van der Waals surface area contributed by atoms with Crippen molar-refractivity contribution < 1.29 is 13.9 Å². The fourth-order valence-electron chi connectivity index (χ4n) is 3.87. The number of amides is 1. The summed E-state index contributed by atoms with van der Waals surface area (Å²) in [5.74, 6) is 2.14. The highest BCUT2D eigenvalue weighted by atomic mass is 16.5. The second-order valence-corrected chi connectivity index (χ2v) is 8.31. The van der Waals surface area contributed by atoms with Gasteiger partial charge in [0.05, 0.1) is 23.9 Å². The number of rotatable bonds is 11. The van der Waals surface area contributed by atoms with Gasteiger partial charge in [-0.2, -0.15) is 0 Å². The lowest BCUT2D eigenvalue weighted by Gasteiger charge is -2.11. The summed E-state index contributed by atoms with van der Waals surface area (Å²) in [6, 6.07) is 17.9. The Morgan fingerprint density at radius 3 is 2.73 bits per heavy atom. The first-order chi connectivity index (χ1) is 16.1. The Balaban J connectivity index is 1.29. The lowest BCUT2D eigenvalue weighted by atomic mass is 10.1. The van der Waals surface area contributed by atoms with Gasteiger partial charge < -0.3 is 19.0 Å². The zero-order chi connectivity index (χ0) is 23.0. The molecule has 1 N–H and O–H groups in total. The number of aryl methyl sites for hydroxylation is 4. The van der Waals surface area contributed by atoms with E-state index in [4.69, 9.17) is 14.1 Å². The van der Waals surface area contributed by atoms with Crippen molar-refractivity contribution >= 4 is 16.9 Å². The van der Waals surface area contributed by atoms with E-state index >= 15 is 0 Å². The van der Waals surface area contributed by atoms with Gasteiger partial charge in [0.1, 0.15) is 11.6 Å². The van der Waals surface area contributed by atoms with E-state index in [0.717, 1.165) is 54.8 Å². The molecule has 2 aromatic heterocycles. The molecule has 0 unspecified atom stereocenters. The summed E-state index contributed by atoms with van der Waals surface area (Å²) in [7, 11) is 0. The van der Waals surface area contributed by atoms with Crippen molar-refractivity contribution in [1.29, 1.82) is 0 Å². The Kier molecular flexibility index (Phi) is 7.45. The third-order valence-electron chi connectivity index (χ3n) is 5.86. The monoisotopic (exact) mass is 445 g/mol. The molecule has 0 aliphatic rings. The van der Waals surface area contributed by atoms with Gasteiger partial charge in [-0.05, 0) is 80.6 Å². The normalized spacial score (nSPS) is 11.1. The molecule has 0 aliphatic heterocycles. The van der Waals surface area contributed by atoms with Crippen LogP contribution >= 0.6 is 0 Å². The second-order valence-electron chi connectivity index (χ2n) is 8.31. The molecule has 0 atom stereocenters. The van der Waals surface area contributed by atoms with Gasteiger partial charge in [0, 0.05) is 19.5 Å². The number of carbonyl (C=O) groups excluding carboxylic acids is 1. The van der Waals surface area contributed by atoms with Gasteiger partial charge in [-0.25, -0.2) is 4.98 Å². The van der Waals surface area contributed by atoms with Gasteiger partial charge in [0.15, 0.2) is 5.76 Å². The molecule has 2 aromatic carbocycles. The molecule has 4 aromatic rings. The van der Waals surface area contributed by atoms with Crippen LogP contribution in [0, 0.1) is 13.8 Å². The van der Waals surface area contributed by atoms with Crippen molar-refractivity contribution in [3.8, 4) is 5.75 Å². The molecule has 6 heteroatoms. The molecule has 172 valence electrons. The summed E-state index contributed by atoms with van der Waals surface area (Å²) in [5, 5.41) is 2.91. The highest BCUT2D eigenvalue weighted by Crippen LogP contribution is 2.19. The number of nitrogens with one attached hydrogen (secondary N) is 1. The van der Waals surface area contributed by atoms with E-state index < -0.39 is 0 Å². The van der Waals surface area contributed by atoms with E-state index in [9.17, 15) is 4.79 Å². The van der Waals surface area contributed by atoms with E-state index in [0.29, 0.717) is 18.9 Å². The number of benzene rings is 2. The molecular formula is C27H31N3O3. The quantitative estimate of drug-likeness (QED) is 0.311. The number of carbonyl (C=O) groups is 1. The zero-order valence-corrected chi connectivity index (χ0v) is 19.3. The molecule has 6 nitrogen and oxygen atoms in total. The average Bonchev–Trinajstić information content (AvgIpc) is 3.47. The summed E-state index contributed by atoms with van der Waals surface area (Å²) in [4.78, 5) is 16.9. The van der Waals surface area contributed by atoms with Crippen molar-refractivity contribution in [2.24, 2.45) is 0 Å². The molecule has 4 rings (SSSR count). The fraction of sp³-hybridized carbons (Fsp3) is 0.333. The van der Waals surface area contributed by atoms with Crippen LogP contribution in [-0.4, -0.2) is 28.6 Å². The number of unbranched alkanes of at least 4 members (excludes halogenated alkanes) is 1. The Morgan fingerprint density at radius 2 is 1.91 bits per heavy atom. The number of imidazole rings is 1. The Hall–Kier alpha value is -3.54. The van der Waals surface area contributed by atoms with E-state index in [1.165, 1.54) is 17.4 Å². The first-order valence-electron chi connectivity index (χ1n) is 11.6. The molecule has 1 amide bonds. The molecule has 33 heavy (non-hydrogen) atoms. The molecule has 0 spiro atoms. The fourth-order valence-corrected chi connectivity index (χ4v) is 3.87. The third-order valence-corrected chi connectivity index (χ3v) is 5.86. The number of hydrogen-bond donors (Lipinski definition) is 1. The molecule has 0 aliphatic carbocycles. The van der Waals surface area contributed by atoms with Crippen LogP contribution in [0.3, 0.4) is 0 Å². The number of para-hydroxylation sites is 2. The molecule has 0 saturated heterocycles. The Labute approximate surface area is 194 Å². The maximum Gasteiger partial charge on any atom is 0.286 e. The lowest BCUT2D eigenvalue weighted by molar-refractivity contribution is 0.0925. The lowest BCUT2D eigenvalue weighted by Crippen LogP contribution is -2.24. The smallest absolute Gasteiger partial charge is 0.286 e. The Bertz CT molecular complexity index is 1190. The Morgan fingerprint density at radius 1 is 1.03 bits per heavy atom. The van der Waals surface area contributed by atoms with Gasteiger partial charge in [-0.15, -0.1) is 0 Å². The van der Waals surface area contributed by atoms with E-state index in [1.54, 1.807) is 12.1 Å². The number of hydrogen-bond acceptors (Lipinski definition) is 4. The van der Waals surface area contributed by atoms with Crippen molar-refractivity contribution in [2.75, 3.05) is 13.2 Å². The van der Waals surface area contributed by atoms with Crippen LogP contribution in [0.4, 0.5) is 0 Å². The van der Waals surface area contributed by atoms with Crippen LogP contribution in [0.25, 0.3) is 11.0 Å². The number of aromatic nitrogens is 2. The second kappa shape index (κ2) is 10.9. The van der Waals surface area contributed by atoms with Crippen LogP contribution in [0.1, 0.15) is 46.8 Å². The van der Waals surface area contributed by atoms with Crippen molar-refractivity contribution in [2.45, 2.75) is 46.1 Å². The van der Waals surface area contributed by atoms with Crippen LogP contribution < -0.4 is 10.1 Å². The summed E-state index contributed by atoms with van der Waals surface area (Å²) in [5.41, 5.74) is 4.70. The van der Waals surface area contributed by atoms with Gasteiger partial charge in [-0.1, -0.05) is 18.2 Å². The van der Waals surface area contributed by atoms with E-state index in [2.05, 4.69) is 54.1 Å². The van der Waals surface area contributed by atoms with Crippen LogP contribution in [0.15, 0.2) is 65.3 Å². The minimum Gasteiger partial charge on any atom is -0.494 e. The first kappa shape index (κ1) is 22.6. The molecular weight excluding hydrogens is 414 g/mol. The zero-order valence-electron chi connectivity index (χ0n) is 19.3. The molecule has 0 saturated carbocycles. The van der Waals surface area contributed by atoms with Crippen molar-refractivity contribution in [3.05, 3.63) is 83.6 Å². The summed E-state index contributed by atoms with van der Waals surface area (Å²) >= 11 is 0. The van der Waals surface area contributed by atoms with Crippen LogP contribution in [-0.2, 0) is 13.0 Å². The SMILES string of the molecule is Cc1ccc(OCCCCn2c(CCCNC(=O)c3ccco3)nc3ccccc32)cc1C. The number of nitrogens with zero attached hydrogens (tertiary/aromatic N) is 2. The number of fused-ring (bicyclic) bond motifs is 1. The highest BCUT2D eigenvalue weighted by Gasteiger charge is 2.11. The summed E-state index contributed by atoms with van der Waals surface area (Å²) in [6.45, 7) is 6.39. The summed E-state index contributed by atoms with van der Waals surface area (Å²) < 4.78 is 13.4. The van der Waals surface area contributed by atoms with Crippen molar-refractivity contribution in [1.82, 2.24) is 14.9 Å². The van der Waals surface area contributed by atoms with Crippen LogP contribution in [0.2, 0.25) is 0 Å². The van der Waals surface area contributed by atoms with E-state index in [-0.39, 0.29) is 5.91 Å². The summed E-state index contributed by atoms with van der Waals surface area (Å²) in [6.07, 6.45) is 5.09. The molecule has 0 fully saturated rings. The van der Waals surface area contributed by atoms with Gasteiger partial charge in [0.2, 0.25) is 0 Å². The van der Waals surface area contributed by atoms with Gasteiger partial charge in [0.25, 0.3) is 5.91 Å².